The Balaban J connectivity index is 2.72. The smallest absolute Gasteiger partial charge is 0.144 e. The van der Waals surface area contributed by atoms with Crippen LogP contribution in [0.3, 0.4) is 0 Å². The van der Waals surface area contributed by atoms with Gasteiger partial charge in [-0.15, -0.1) is 0 Å². The van der Waals surface area contributed by atoms with Gasteiger partial charge in [0.2, 0.25) is 0 Å². The van der Waals surface area contributed by atoms with Gasteiger partial charge in [-0.1, -0.05) is 6.92 Å². The van der Waals surface area contributed by atoms with Gasteiger partial charge in [-0.05, 0) is 20.3 Å². The molecule has 0 aliphatic rings. The lowest BCUT2D eigenvalue weighted by Gasteiger charge is -2.08. The van der Waals surface area contributed by atoms with E-state index in [1.54, 1.807) is 12.4 Å². The minimum atomic E-state index is 0.409. The van der Waals surface area contributed by atoms with Crippen LogP contribution in [0.4, 0.5) is 5.82 Å². The molecule has 0 aliphatic carbocycles. The molecule has 0 saturated carbocycles. The van der Waals surface area contributed by atoms with Gasteiger partial charge in [-0.2, -0.15) is 0 Å². The first-order chi connectivity index (χ1) is 5.72. The van der Waals surface area contributed by atoms with Crippen LogP contribution in [0.25, 0.3) is 0 Å². The maximum atomic E-state index is 4.36. The van der Waals surface area contributed by atoms with Crippen molar-refractivity contribution in [3.8, 4) is 0 Å². The maximum Gasteiger partial charge on any atom is 0.144 e. The molecule has 3 heteroatoms. The highest BCUT2D eigenvalue weighted by atomic mass is 15.0. The van der Waals surface area contributed by atoms with Gasteiger partial charge in [0, 0.05) is 12.2 Å². The SMILES string of the molecule is CCc1cncc(NC(C)C)n1. The molecule has 66 valence electrons. The fourth-order valence-electron chi connectivity index (χ4n) is 0.942. The van der Waals surface area contributed by atoms with Crippen molar-refractivity contribution in [3.63, 3.8) is 0 Å². The summed E-state index contributed by atoms with van der Waals surface area (Å²) in [6, 6.07) is 0.409. The fraction of sp³-hybridized carbons (Fsp3) is 0.556. The van der Waals surface area contributed by atoms with Gasteiger partial charge in [0.15, 0.2) is 0 Å². The zero-order chi connectivity index (χ0) is 8.97. The van der Waals surface area contributed by atoms with E-state index in [-0.39, 0.29) is 0 Å². The van der Waals surface area contributed by atoms with Gasteiger partial charge in [-0.25, -0.2) is 4.98 Å². The lowest BCUT2D eigenvalue weighted by molar-refractivity contribution is 0.876. The van der Waals surface area contributed by atoms with E-state index < -0.39 is 0 Å². The molecule has 1 heterocycles. The molecule has 1 aromatic rings. The summed E-state index contributed by atoms with van der Waals surface area (Å²) < 4.78 is 0. The Bertz CT molecular complexity index is 245. The summed E-state index contributed by atoms with van der Waals surface area (Å²) in [6.07, 6.45) is 4.48. The summed E-state index contributed by atoms with van der Waals surface area (Å²) >= 11 is 0. The van der Waals surface area contributed by atoms with Gasteiger partial charge >= 0.3 is 0 Å². The number of nitrogens with one attached hydrogen (secondary N) is 1. The van der Waals surface area contributed by atoms with Crippen molar-refractivity contribution in [2.24, 2.45) is 0 Å². The number of aromatic nitrogens is 2. The number of anilines is 1. The van der Waals surface area contributed by atoms with E-state index in [2.05, 4.69) is 36.1 Å². The van der Waals surface area contributed by atoms with E-state index >= 15 is 0 Å². The van der Waals surface area contributed by atoms with E-state index in [4.69, 9.17) is 0 Å². The standard InChI is InChI=1S/C9H15N3/c1-4-8-5-10-6-9(12-8)11-7(2)3/h5-7H,4H2,1-3H3,(H,11,12). The molecule has 3 nitrogen and oxygen atoms in total. The second kappa shape index (κ2) is 4.04. The monoisotopic (exact) mass is 165 g/mol. The van der Waals surface area contributed by atoms with Crippen LogP contribution < -0.4 is 5.32 Å². The Morgan fingerprint density at radius 2 is 2.17 bits per heavy atom. The van der Waals surface area contributed by atoms with E-state index in [0.717, 1.165) is 17.9 Å². The first-order valence-electron chi connectivity index (χ1n) is 4.29. The van der Waals surface area contributed by atoms with Crippen LogP contribution in [-0.4, -0.2) is 16.0 Å². The Kier molecular flexibility index (Phi) is 3.02. The molecule has 0 fully saturated rings. The summed E-state index contributed by atoms with van der Waals surface area (Å²) in [6.45, 7) is 6.24. The Hall–Kier alpha value is -1.12. The van der Waals surface area contributed by atoms with E-state index in [9.17, 15) is 0 Å². The van der Waals surface area contributed by atoms with Crippen LogP contribution in [0.2, 0.25) is 0 Å². The molecule has 0 saturated heterocycles. The number of nitrogens with zero attached hydrogens (tertiary/aromatic N) is 2. The third-order valence-corrected chi connectivity index (χ3v) is 1.48. The highest BCUT2D eigenvalue weighted by Gasteiger charge is 1.97. The third kappa shape index (κ3) is 2.49. The van der Waals surface area contributed by atoms with E-state index in [1.165, 1.54) is 0 Å². The molecule has 0 amide bonds. The minimum Gasteiger partial charge on any atom is -0.367 e. The first-order valence-corrected chi connectivity index (χ1v) is 4.29. The highest BCUT2D eigenvalue weighted by molar-refractivity contribution is 5.32. The number of hydrogen-bond donors (Lipinski definition) is 1. The Morgan fingerprint density at radius 3 is 2.75 bits per heavy atom. The zero-order valence-corrected chi connectivity index (χ0v) is 7.83. The summed E-state index contributed by atoms with van der Waals surface area (Å²) in [5.41, 5.74) is 1.03. The van der Waals surface area contributed by atoms with Gasteiger partial charge in [0.05, 0.1) is 11.9 Å². The molecule has 0 radical (unpaired) electrons. The molecule has 1 aromatic heterocycles. The summed E-state index contributed by atoms with van der Waals surface area (Å²) in [5, 5.41) is 3.21. The summed E-state index contributed by atoms with van der Waals surface area (Å²) in [5.74, 6) is 0.865. The van der Waals surface area contributed by atoms with Crippen molar-refractivity contribution < 1.29 is 0 Å². The molecule has 1 N–H and O–H groups in total. The fourth-order valence-corrected chi connectivity index (χ4v) is 0.942. The summed E-state index contributed by atoms with van der Waals surface area (Å²) in [4.78, 5) is 8.44. The maximum absolute atomic E-state index is 4.36. The molecule has 0 aliphatic heterocycles. The number of rotatable bonds is 3. The molecule has 0 atom stereocenters. The van der Waals surface area contributed by atoms with Gasteiger partial charge in [-0.3, -0.25) is 4.98 Å². The molecule has 0 bridgehead atoms. The molecule has 1 rings (SSSR count). The van der Waals surface area contributed by atoms with Gasteiger partial charge in [0.25, 0.3) is 0 Å². The van der Waals surface area contributed by atoms with Crippen molar-refractivity contribution >= 4 is 5.82 Å². The van der Waals surface area contributed by atoms with Crippen LogP contribution in [0.15, 0.2) is 12.4 Å². The van der Waals surface area contributed by atoms with E-state index in [1.807, 2.05) is 0 Å². The van der Waals surface area contributed by atoms with Crippen molar-refractivity contribution in [2.75, 3.05) is 5.32 Å². The topological polar surface area (TPSA) is 37.8 Å². The van der Waals surface area contributed by atoms with Crippen LogP contribution in [-0.2, 0) is 6.42 Å². The molecule has 12 heavy (non-hydrogen) atoms. The predicted molar refractivity (Wildman–Crippen MR) is 50.2 cm³/mol. The van der Waals surface area contributed by atoms with Crippen LogP contribution >= 0.6 is 0 Å². The Labute approximate surface area is 73.2 Å². The quantitative estimate of drug-likeness (QED) is 0.742. The molecule has 0 unspecified atom stereocenters. The predicted octanol–water partition coefficient (Wildman–Crippen LogP) is 1.86. The van der Waals surface area contributed by atoms with Crippen molar-refractivity contribution in [1.29, 1.82) is 0 Å². The minimum absolute atomic E-state index is 0.409. The number of aryl methyl sites for hydroxylation is 1. The largest absolute Gasteiger partial charge is 0.367 e. The highest BCUT2D eigenvalue weighted by Crippen LogP contribution is 2.03. The second-order valence-corrected chi connectivity index (χ2v) is 3.05. The molecule has 0 spiro atoms. The van der Waals surface area contributed by atoms with Crippen molar-refractivity contribution in [3.05, 3.63) is 18.1 Å². The van der Waals surface area contributed by atoms with Crippen LogP contribution in [0, 0.1) is 0 Å². The van der Waals surface area contributed by atoms with Crippen LogP contribution in [0.5, 0.6) is 0 Å². The second-order valence-electron chi connectivity index (χ2n) is 3.05. The average molecular weight is 165 g/mol. The van der Waals surface area contributed by atoms with Crippen molar-refractivity contribution in [2.45, 2.75) is 33.2 Å². The van der Waals surface area contributed by atoms with Gasteiger partial charge < -0.3 is 5.32 Å². The number of hydrogen-bond acceptors (Lipinski definition) is 3. The molecular formula is C9H15N3. The molecular weight excluding hydrogens is 150 g/mol. The average Bonchev–Trinajstić information content (AvgIpc) is 2.03. The lowest BCUT2D eigenvalue weighted by Crippen LogP contribution is -2.11. The summed E-state index contributed by atoms with van der Waals surface area (Å²) in [7, 11) is 0. The van der Waals surface area contributed by atoms with Crippen LogP contribution in [0.1, 0.15) is 26.5 Å². The third-order valence-electron chi connectivity index (χ3n) is 1.48. The lowest BCUT2D eigenvalue weighted by atomic mass is 10.3. The zero-order valence-electron chi connectivity index (χ0n) is 7.83. The first kappa shape index (κ1) is 8.97. The van der Waals surface area contributed by atoms with Crippen molar-refractivity contribution in [1.82, 2.24) is 9.97 Å². The molecule has 0 aromatic carbocycles. The Morgan fingerprint density at radius 1 is 1.42 bits per heavy atom. The van der Waals surface area contributed by atoms with E-state index in [0.29, 0.717) is 6.04 Å². The normalized spacial score (nSPS) is 10.3. The van der Waals surface area contributed by atoms with Gasteiger partial charge in [0.1, 0.15) is 5.82 Å².